The van der Waals surface area contributed by atoms with E-state index in [2.05, 4.69) is 120 Å². The van der Waals surface area contributed by atoms with E-state index in [4.69, 9.17) is 9.47 Å². The van der Waals surface area contributed by atoms with Gasteiger partial charge in [-0.3, -0.25) is 0 Å². The van der Waals surface area contributed by atoms with E-state index >= 15 is 0 Å². The van der Waals surface area contributed by atoms with Crippen LogP contribution in [0, 0.1) is 0 Å². The average molecular weight is 447 g/mol. The normalized spacial score (nSPS) is 23.4. The van der Waals surface area contributed by atoms with Crippen molar-refractivity contribution in [1.82, 2.24) is 9.13 Å². The Morgan fingerprint density at radius 1 is 0.441 bits per heavy atom. The topological polar surface area (TPSA) is 28.3 Å². The van der Waals surface area contributed by atoms with E-state index in [1.165, 1.54) is 43.6 Å². The van der Waals surface area contributed by atoms with Crippen LogP contribution in [0.5, 0.6) is 0 Å². The first-order valence-corrected chi connectivity index (χ1v) is 12.0. The summed E-state index contributed by atoms with van der Waals surface area (Å²) in [6.45, 7) is 4.25. The van der Waals surface area contributed by atoms with Crippen molar-refractivity contribution in [3.63, 3.8) is 0 Å². The number of para-hydroxylation sites is 4. The SMILES string of the molecule is C[C@@H]1O[C@H](n2c3ccccc3c3ccccc32)[C@@H](C)O[C@@H]1n1c2ccccc2c2ccccc21. The van der Waals surface area contributed by atoms with Crippen LogP contribution in [0.1, 0.15) is 26.3 Å². The Balaban J connectivity index is 1.36. The number of aromatic nitrogens is 2. The zero-order chi connectivity index (χ0) is 22.8. The van der Waals surface area contributed by atoms with E-state index in [1.54, 1.807) is 0 Å². The molecule has 0 saturated carbocycles. The summed E-state index contributed by atoms with van der Waals surface area (Å²) >= 11 is 0. The second kappa shape index (κ2) is 7.45. The fraction of sp³-hybridized carbons (Fsp3) is 0.200. The van der Waals surface area contributed by atoms with Crippen molar-refractivity contribution in [3.05, 3.63) is 97.1 Å². The molecule has 7 rings (SSSR count). The Hall–Kier alpha value is -3.60. The zero-order valence-electron chi connectivity index (χ0n) is 19.3. The zero-order valence-corrected chi connectivity index (χ0v) is 19.3. The van der Waals surface area contributed by atoms with Crippen LogP contribution >= 0.6 is 0 Å². The molecule has 3 heterocycles. The highest BCUT2D eigenvalue weighted by molar-refractivity contribution is 6.09. The van der Waals surface area contributed by atoms with E-state index in [9.17, 15) is 0 Å². The maximum Gasteiger partial charge on any atom is 0.161 e. The number of rotatable bonds is 2. The van der Waals surface area contributed by atoms with Gasteiger partial charge < -0.3 is 18.6 Å². The average Bonchev–Trinajstić information content (AvgIpc) is 3.39. The predicted octanol–water partition coefficient (Wildman–Crippen LogP) is 7.42. The van der Waals surface area contributed by atoms with Crippen molar-refractivity contribution in [2.24, 2.45) is 0 Å². The van der Waals surface area contributed by atoms with Crippen LogP contribution in [0.25, 0.3) is 43.6 Å². The molecule has 0 aliphatic carbocycles. The molecule has 1 saturated heterocycles. The molecule has 4 nitrogen and oxygen atoms in total. The minimum absolute atomic E-state index is 0.139. The minimum Gasteiger partial charge on any atom is -0.348 e. The van der Waals surface area contributed by atoms with E-state index < -0.39 is 0 Å². The van der Waals surface area contributed by atoms with Crippen molar-refractivity contribution in [1.29, 1.82) is 0 Å². The summed E-state index contributed by atoms with van der Waals surface area (Å²) in [5, 5.41) is 4.97. The number of ether oxygens (including phenoxy) is 2. The quantitative estimate of drug-likeness (QED) is 0.277. The van der Waals surface area contributed by atoms with Crippen molar-refractivity contribution >= 4 is 43.6 Å². The molecule has 34 heavy (non-hydrogen) atoms. The third kappa shape index (κ3) is 2.73. The Morgan fingerprint density at radius 2 is 0.706 bits per heavy atom. The van der Waals surface area contributed by atoms with Crippen LogP contribution in [0.3, 0.4) is 0 Å². The van der Waals surface area contributed by atoms with Crippen molar-refractivity contribution in [3.8, 4) is 0 Å². The molecule has 1 aliphatic heterocycles. The van der Waals surface area contributed by atoms with Gasteiger partial charge in [0.1, 0.15) is 12.2 Å². The van der Waals surface area contributed by atoms with Gasteiger partial charge in [-0.2, -0.15) is 0 Å². The summed E-state index contributed by atoms with van der Waals surface area (Å²) in [6, 6.07) is 34.2. The highest BCUT2D eigenvalue weighted by Crippen LogP contribution is 2.42. The largest absolute Gasteiger partial charge is 0.348 e. The summed E-state index contributed by atoms with van der Waals surface area (Å²) in [4.78, 5) is 0. The summed E-state index contributed by atoms with van der Waals surface area (Å²) in [7, 11) is 0. The molecule has 0 N–H and O–H groups in total. The molecule has 0 bridgehead atoms. The smallest absolute Gasteiger partial charge is 0.161 e. The van der Waals surface area contributed by atoms with E-state index in [1.807, 2.05) is 0 Å². The van der Waals surface area contributed by atoms with Gasteiger partial charge in [0.25, 0.3) is 0 Å². The van der Waals surface area contributed by atoms with Crippen LogP contribution in [-0.2, 0) is 9.47 Å². The fourth-order valence-electron chi connectivity index (χ4n) is 5.79. The number of hydrogen-bond acceptors (Lipinski definition) is 2. The molecule has 6 aromatic rings. The lowest BCUT2D eigenvalue weighted by atomic mass is 10.2. The molecule has 0 amide bonds. The minimum atomic E-state index is -0.218. The van der Waals surface area contributed by atoms with Gasteiger partial charge >= 0.3 is 0 Å². The molecule has 168 valence electrons. The van der Waals surface area contributed by atoms with Gasteiger partial charge in [0.05, 0.1) is 22.1 Å². The van der Waals surface area contributed by atoms with Gasteiger partial charge in [0.2, 0.25) is 0 Å². The van der Waals surface area contributed by atoms with Crippen LogP contribution in [0.15, 0.2) is 97.1 Å². The molecule has 1 fully saturated rings. The van der Waals surface area contributed by atoms with Gasteiger partial charge in [0, 0.05) is 21.5 Å². The third-order valence-electron chi connectivity index (χ3n) is 7.25. The number of nitrogens with zero attached hydrogens (tertiary/aromatic N) is 2. The number of benzene rings is 4. The maximum absolute atomic E-state index is 6.81. The summed E-state index contributed by atoms with van der Waals surface area (Å²) in [5.41, 5.74) is 4.69. The van der Waals surface area contributed by atoms with Gasteiger partial charge in [-0.1, -0.05) is 72.8 Å². The molecule has 4 aromatic carbocycles. The highest BCUT2D eigenvalue weighted by atomic mass is 16.6. The van der Waals surface area contributed by atoms with Crippen LogP contribution in [-0.4, -0.2) is 21.3 Å². The predicted molar refractivity (Wildman–Crippen MR) is 138 cm³/mol. The molecular formula is C30H26N2O2. The standard InChI is InChI=1S/C30H26N2O2/c1-19-29(31-25-15-7-3-11-21(25)22-12-4-8-16-26(22)31)34-20(2)30(33-19)32-27-17-9-5-13-23(27)24-14-6-10-18-28(24)32/h3-20,29-30H,1-2H3/t19-,20+,29-,30-/m0/s1. The van der Waals surface area contributed by atoms with E-state index in [0.717, 1.165) is 0 Å². The second-order valence-electron chi connectivity index (χ2n) is 9.27. The van der Waals surface area contributed by atoms with Gasteiger partial charge in [-0.25, -0.2) is 0 Å². The first kappa shape index (κ1) is 19.8. The van der Waals surface area contributed by atoms with E-state index in [0.29, 0.717) is 0 Å². The molecule has 0 radical (unpaired) electrons. The lowest BCUT2D eigenvalue weighted by molar-refractivity contribution is -0.254. The Kier molecular flexibility index (Phi) is 4.35. The van der Waals surface area contributed by atoms with Crippen molar-refractivity contribution in [2.45, 2.75) is 38.5 Å². The number of hydrogen-bond donors (Lipinski definition) is 0. The Morgan fingerprint density at radius 3 is 1.00 bits per heavy atom. The third-order valence-corrected chi connectivity index (χ3v) is 7.25. The molecule has 0 unspecified atom stereocenters. The molecule has 4 atom stereocenters. The number of fused-ring (bicyclic) bond motifs is 6. The molecule has 2 aromatic heterocycles. The summed E-state index contributed by atoms with van der Waals surface area (Å²) < 4.78 is 18.2. The van der Waals surface area contributed by atoms with Gasteiger partial charge in [0.15, 0.2) is 12.5 Å². The van der Waals surface area contributed by atoms with E-state index in [-0.39, 0.29) is 24.7 Å². The van der Waals surface area contributed by atoms with Gasteiger partial charge in [-0.05, 0) is 38.1 Å². The maximum atomic E-state index is 6.81. The Bertz CT molecular complexity index is 1450. The van der Waals surface area contributed by atoms with Gasteiger partial charge in [-0.15, -0.1) is 0 Å². The van der Waals surface area contributed by atoms with Crippen LogP contribution in [0.2, 0.25) is 0 Å². The fourth-order valence-corrected chi connectivity index (χ4v) is 5.79. The molecule has 1 aliphatic rings. The Labute approximate surface area is 197 Å². The van der Waals surface area contributed by atoms with Crippen molar-refractivity contribution in [2.75, 3.05) is 0 Å². The first-order chi connectivity index (χ1) is 16.7. The summed E-state index contributed by atoms with van der Waals surface area (Å²) in [6.07, 6.45) is -0.714. The van der Waals surface area contributed by atoms with Crippen LogP contribution in [0.4, 0.5) is 0 Å². The molecule has 4 heteroatoms. The molecule has 0 spiro atoms. The first-order valence-electron chi connectivity index (χ1n) is 12.0. The lowest BCUT2D eigenvalue weighted by Gasteiger charge is -2.41. The lowest BCUT2D eigenvalue weighted by Crippen LogP contribution is -2.42. The monoisotopic (exact) mass is 446 g/mol. The second-order valence-corrected chi connectivity index (χ2v) is 9.27. The highest BCUT2D eigenvalue weighted by Gasteiger charge is 2.38. The van der Waals surface area contributed by atoms with Crippen LogP contribution < -0.4 is 0 Å². The van der Waals surface area contributed by atoms with Crippen molar-refractivity contribution < 1.29 is 9.47 Å². The summed E-state index contributed by atoms with van der Waals surface area (Å²) in [5.74, 6) is 0. The molecular weight excluding hydrogens is 420 g/mol.